The van der Waals surface area contributed by atoms with Gasteiger partial charge in [0.2, 0.25) is 0 Å². The molecule has 0 aliphatic carbocycles. The summed E-state index contributed by atoms with van der Waals surface area (Å²) < 4.78 is 13.1. The number of halogens is 1. The highest BCUT2D eigenvalue weighted by molar-refractivity contribution is 5.60. The van der Waals surface area contributed by atoms with E-state index < -0.39 is 4.92 Å². The van der Waals surface area contributed by atoms with Gasteiger partial charge in [-0.25, -0.2) is 4.39 Å². The Balaban J connectivity index is 2.27. The zero-order chi connectivity index (χ0) is 15.4. The van der Waals surface area contributed by atoms with Crippen LogP contribution in [-0.4, -0.2) is 12.0 Å². The van der Waals surface area contributed by atoms with E-state index in [1.165, 1.54) is 24.3 Å². The number of benzene rings is 2. The molecular formula is C15H12FN3O2. The Labute approximate surface area is 121 Å². The van der Waals surface area contributed by atoms with E-state index >= 15 is 0 Å². The van der Waals surface area contributed by atoms with Crippen molar-refractivity contribution in [1.29, 1.82) is 5.26 Å². The summed E-state index contributed by atoms with van der Waals surface area (Å²) in [5.41, 5.74) is 1.12. The van der Waals surface area contributed by atoms with E-state index in [2.05, 4.69) is 0 Å². The third-order valence-corrected chi connectivity index (χ3v) is 3.05. The Bertz CT molecular complexity index is 725. The van der Waals surface area contributed by atoms with Gasteiger partial charge in [0.15, 0.2) is 0 Å². The van der Waals surface area contributed by atoms with Crippen LogP contribution in [0, 0.1) is 27.3 Å². The van der Waals surface area contributed by atoms with Crippen molar-refractivity contribution in [2.24, 2.45) is 0 Å². The minimum atomic E-state index is -0.585. The fourth-order valence-corrected chi connectivity index (χ4v) is 2.00. The fourth-order valence-electron chi connectivity index (χ4n) is 2.00. The molecule has 21 heavy (non-hydrogen) atoms. The fraction of sp³-hybridized carbons (Fsp3) is 0.133. The van der Waals surface area contributed by atoms with E-state index in [0.717, 1.165) is 5.56 Å². The Morgan fingerprint density at radius 1 is 1.33 bits per heavy atom. The van der Waals surface area contributed by atoms with Crippen LogP contribution in [-0.2, 0) is 6.54 Å². The van der Waals surface area contributed by atoms with Crippen LogP contribution in [0.15, 0.2) is 42.5 Å². The quantitative estimate of drug-likeness (QED) is 0.638. The van der Waals surface area contributed by atoms with Crippen molar-refractivity contribution in [2.75, 3.05) is 11.9 Å². The average molecular weight is 285 g/mol. The lowest BCUT2D eigenvalue weighted by atomic mass is 10.1. The second kappa shape index (κ2) is 6.01. The summed E-state index contributed by atoms with van der Waals surface area (Å²) >= 11 is 0. The summed E-state index contributed by atoms with van der Waals surface area (Å²) in [6.07, 6.45) is 0. The molecular weight excluding hydrogens is 273 g/mol. The third kappa shape index (κ3) is 3.34. The normalized spacial score (nSPS) is 9.95. The summed E-state index contributed by atoms with van der Waals surface area (Å²) in [7, 11) is 1.75. The smallest absolute Gasteiger partial charge is 0.289 e. The van der Waals surface area contributed by atoms with Gasteiger partial charge in [0, 0.05) is 25.3 Å². The van der Waals surface area contributed by atoms with Crippen LogP contribution in [0.25, 0.3) is 0 Å². The molecule has 0 atom stereocenters. The van der Waals surface area contributed by atoms with Gasteiger partial charge < -0.3 is 4.90 Å². The second-order valence-corrected chi connectivity index (χ2v) is 4.56. The summed E-state index contributed by atoms with van der Waals surface area (Å²) in [6.45, 7) is 0.404. The van der Waals surface area contributed by atoms with Crippen molar-refractivity contribution in [3.63, 3.8) is 0 Å². The number of nitriles is 1. The molecule has 0 aliphatic rings. The Kier molecular flexibility index (Phi) is 4.14. The van der Waals surface area contributed by atoms with E-state index in [9.17, 15) is 14.5 Å². The molecule has 2 aromatic carbocycles. The zero-order valence-corrected chi connectivity index (χ0v) is 11.3. The predicted octanol–water partition coefficient (Wildman–Crippen LogP) is 3.24. The first-order valence-corrected chi connectivity index (χ1v) is 6.15. The van der Waals surface area contributed by atoms with Crippen molar-refractivity contribution < 1.29 is 9.31 Å². The molecule has 2 aromatic rings. The number of nitrogens with zero attached hydrogens (tertiary/aromatic N) is 3. The topological polar surface area (TPSA) is 70.2 Å². The standard InChI is InChI=1S/C15H12FN3O2/c1-18(10-11-3-2-4-13(16)7-11)14-6-5-12(9-17)15(8-14)19(20)21/h2-8H,10H2,1H3. The van der Waals surface area contributed by atoms with Crippen molar-refractivity contribution in [2.45, 2.75) is 6.54 Å². The molecule has 0 radical (unpaired) electrons. The van der Waals surface area contributed by atoms with Crippen LogP contribution in [0.3, 0.4) is 0 Å². The van der Waals surface area contributed by atoms with Gasteiger partial charge in [-0.15, -0.1) is 0 Å². The Hall–Kier alpha value is -2.94. The lowest BCUT2D eigenvalue weighted by molar-refractivity contribution is -0.385. The van der Waals surface area contributed by atoms with Crippen LogP contribution >= 0.6 is 0 Å². The summed E-state index contributed by atoms with van der Waals surface area (Å²) in [6, 6.07) is 12.3. The van der Waals surface area contributed by atoms with Crippen molar-refractivity contribution >= 4 is 11.4 Å². The predicted molar refractivity (Wildman–Crippen MR) is 76.3 cm³/mol. The summed E-state index contributed by atoms with van der Waals surface area (Å²) in [4.78, 5) is 12.1. The molecule has 5 nitrogen and oxygen atoms in total. The van der Waals surface area contributed by atoms with Crippen LogP contribution in [0.1, 0.15) is 11.1 Å². The van der Waals surface area contributed by atoms with E-state index in [-0.39, 0.29) is 17.1 Å². The van der Waals surface area contributed by atoms with Crippen molar-refractivity contribution in [3.05, 3.63) is 69.5 Å². The first kappa shape index (κ1) is 14.5. The molecule has 0 unspecified atom stereocenters. The van der Waals surface area contributed by atoms with E-state index in [1.54, 1.807) is 36.2 Å². The van der Waals surface area contributed by atoms with Gasteiger partial charge in [0.25, 0.3) is 5.69 Å². The van der Waals surface area contributed by atoms with Crippen LogP contribution in [0.4, 0.5) is 15.8 Å². The maximum atomic E-state index is 13.1. The van der Waals surface area contributed by atoms with Gasteiger partial charge in [0.1, 0.15) is 17.4 Å². The van der Waals surface area contributed by atoms with E-state index in [1.807, 2.05) is 0 Å². The van der Waals surface area contributed by atoms with E-state index in [0.29, 0.717) is 12.2 Å². The molecule has 0 heterocycles. The monoisotopic (exact) mass is 285 g/mol. The van der Waals surface area contributed by atoms with Gasteiger partial charge in [-0.05, 0) is 29.8 Å². The van der Waals surface area contributed by atoms with Gasteiger partial charge in [-0.1, -0.05) is 12.1 Å². The SMILES string of the molecule is CN(Cc1cccc(F)c1)c1ccc(C#N)c([N+](=O)[O-])c1. The molecule has 0 aromatic heterocycles. The molecule has 6 heteroatoms. The van der Waals surface area contributed by atoms with Crippen LogP contribution < -0.4 is 4.90 Å². The maximum absolute atomic E-state index is 13.1. The van der Waals surface area contributed by atoms with Gasteiger partial charge in [-0.3, -0.25) is 10.1 Å². The first-order chi connectivity index (χ1) is 10.0. The van der Waals surface area contributed by atoms with Gasteiger partial charge in [0.05, 0.1) is 4.92 Å². The number of hydrogen-bond donors (Lipinski definition) is 0. The highest BCUT2D eigenvalue weighted by Crippen LogP contribution is 2.25. The molecule has 2 rings (SSSR count). The maximum Gasteiger partial charge on any atom is 0.289 e. The number of nitro groups is 1. The molecule has 0 fully saturated rings. The lowest BCUT2D eigenvalue weighted by Crippen LogP contribution is -2.16. The average Bonchev–Trinajstić information content (AvgIpc) is 2.46. The largest absolute Gasteiger partial charge is 0.370 e. The Morgan fingerprint density at radius 3 is 2.71 bits per heavy atom. The number of nitro benzene ring substituents is 1. The lowest BCUT2D eigenvalue weighted by Gasteiger charge is -2.19. The molecule has 106 valence electrons. The number of hydrogen-bond acceptors (Lipinski definition) is 4. The molecule has 0 aliphatic heterocycles. The second-order valence-electron chi connectivity index (χ2n) is 4.56. The molecule has 0 N–H and O–H groups in total. The molecule has 0 amide bonds. The number of anilines is 1. The first-order valence-electron chi connectivity index (χ1n) is 6.15. The summed E-state index contributed by atoms with van der Waals surface area (Å²) in [5, 5.41) is 19.8. The minimum Gasteiger partial charge on any atom is -0.370 e. The zero-order valence-electron chi connectivity index (χ0n) is 11.3. The van der Waals surface area contributed by atoms with Gasteiger partial charge in [-0.2, -0.15) is 5.26 Å². The van der Waals surface area contributed by atoms with Crippen molar-refractivity contribution in [3.8, 4) is 6.07 Å². The summed E-state index contributed by atoms with van der Waals surface area (Å²) in [5.74, 6) is -0.327. The number of rotatable bonds is 4. The Morgan fingerprint density at radius 2 is 2.10 bits per heavy atom. The molecule has 0 saturated heterocycles. The van der Waals surface area contributed by atoms with Crippen molar-refractivity contribution in [1.82, 2.24) is 0 Å². The van der Waals surface area contributed by atoms with Gasteiger partial charge >= 0.3 is 0 Å². The molecule has 0 spiro atoms. The highest BCUT2D eigenvalue weighted by atomic mass is 19.1. The minimum absolute atomic E-state index is 0.0166. The van der Waals surface area contributed by atoms with Crippen LogP contribution in [0.5, 0.6) is 0 Å². The third-order valence-electron chi connectivity index (χ3n) is 3.05. The molecule has 0 saturated carbocycles. The highest BCUT2D eigenvalue weighted by Gasteiger charge is 2.15. The van der Waals surface area contributed by atoms with Crippen LogP contribution in [0.2, 0.25) is 0 Å². The molecule has 0 bridgehead atoms. The van der Waals surface area contributed by atoms with E-state index in [4.69, 9.17) is 5.26 Å².